The zero-order chi connectivity index (χ0) is 23.4. The van der Waals surface area contributed by atoms with Gasteiger partial charge in [-0.1, -0.05) is 24.3 Å². The van der Waals surface area contributed by atoms with Crippen LogP contribution in [0.4, 0.5) is 10.2 Å². The monoisotopic (exact) mass is 443 g/mol. The lowest BCUT2D eigenvalue weighted by atomic mass is 10.0. The van der Waals surface area contributed by atoms with Gasteiger partial charge in [0.25, 0.3) is 0 Å². The molecule has 2 aromatic heterocycles. The van der Waals surface area contributed by atoms with Crippen molar-refractivity contribution in [1.82, 2.24) is 14.5 Å². The maximum atomic E-state index is 14.5. The number of fused-ring (bicyclic) bond motifs is 1. The van der Waals surface area contributed by atoms with Crippen LogP contribution >= 0.6 is 0 Å². The molecule has 0 atom stereocenters. The maximum Gasteiger partial charge on any atom is 0.176 e. The topological polar surface area (TPSA) is 92.8 Å². The van der Waals surface area contributed by atoms with Crippen LogP contribution in [-0.4, -0.2) is 34.0 Å². The number of benzene rings is 2. The molecule has 0 unspecified atom stereocenters. The number of nitrogens with one attached hydrogen (secondary N) is 1. The molecule has 4 rings (SSSR count). The summed E-state index contributed by atoms with van der Waals surface area (Å²) in [6, 6.07) is 15.6. The lowest BCUT2D eigenvalue weighted by molar-refractivity contribution is 0.0997. The van der Waals surface area contributed by atoms with Crippen molar-refractivity contribution in [3.63, 3.8) is 0 Å². The number of aromatic nitrogens is 3. The highest BCUT2D eigenvalue weighted by Gasteiger charge is 2.14. The lowest BCUT2D eigenvalue weighted by Gasteiger charge is -2.12. The maximum absolute atomic E-state index is 14.5. The first-order valence-electron chi connectivity index (χ1n) is 10.4. The van der Waals surface area contributed by atoms with Crippen molar-refractivity contribution in [2.75, 3.05) is 19.0 Å². The summed E-state index contributed by atoms with van der Waals surface area (Å²) in [6.07, 6.45) is 1.32. The minimum atomic E-state index is -0.292. The van der Waals surface area contributed by atoms with Crippen LogP contribution in [-0.2, 0) is 6.54 Å². The Hall–Kier alpha value is -4.25. The number of hydrogen-bond donors (Lipinski definition) is 1. The van der Waals surface area contributed by atoms with Crippen molar-refractivity contribution in [2.24, 2.45) is 0 Å². The van der Waals surface area contributed by atoms with Gasteiger partial charge in [0.05, 0.1) is 30.8 Å². The van der Waals surface area contributed by atoms with Gasteiger partial charge in [-0.05, 0) is 25.1 Å². The molecule has 33 heavy (non-hydrogen) atoms. The molecule has 4 aromatic rings. The van der Waals surface area contributed by atoms with Gasteiger partial charge in [-0.15, -0.1) is 0 Å². The van der Waals surface area contributed by atoms with Crippen molar-refractivity contribution in [1.29, 1.82) is 5.26 Å². The normalized spacial score (nSPS) is 10.7. The Morgan fingerprint density at radius 3 is 2.70 bits per heavy atom. The summed E-state index contributed by atoms with van der Waals surface area (Å²) in [5.74, 6) is 0.773. The van der Waals surface area contributed by atoms with Gasteiger partial charge in [0.1, 0.15) is 23.7 Å². The zero-order valence-electron chi connectivity index (χ0n) is 18.3. The molecule has 8 heteroatoms. The summed E-state index contributed by atoms with van der Waals surface area (Å²) >= 11 is 0. The molecule has 2 heterocycles. The van der Waals surface area contributed by atoms with E-state index >= 15 is 0 Å². The van der Waals surface area contributed by atoms with Crippen LogP contribution in [0.15, 0.2) is 54.9 Å². The van der Waals surface area contributed by atoms with Crippen LogP contribution in [0.3, 0.4) is 0 Å². The van der Waals surface area contributed by atoms with E-state index in [2.05, 4.69) is 15.3 Å². The molecular weight excluding hydrogens is 421 g/mol. The van der Waals surface area contributed by atoms with Gasteiger partial charge in [0, 0.05) is 41.4 Å². The van der Waals surface area contributed by atoms with Crippen LogP contribution in [0.5, 0.6) is 5.75 Å². The van der Waals surface area contributed by atoms with E-state index in [1.165, 1.54) is 12.4 Å². The third-order valence-electron chi connectivity index (χ3n) is 5.45. The second-order valence-corrected chi connectivity index (χ2v) is 7.50. The van der Waals surface area contributed by atoms with E-state index in [4.69, 9.17) is 10.00 Å². The van der Waals surface area contributed by atoms with Crippen molar-refractivity contribution in [3.05, 3.63) is 71.9 Å². The van der Waals surface area contributed by atoms with E-state index in [0.717, 1.165) is 16.6 Å². The number of ether oxygens (including phenoxy) is 1. The first kappa shape index (κ1) is 22.0. The molecule has 0 aliphatic rings. The summed E-state index contributed by atoms with van der Waals surface area (Å²) < 4.78 is 21.8. The quantitative estimate of drug-likeness (QED) is 0.395. The number of Topliss-reactive ketones (excluding diaryl/α,β-unsaturated/α-hetero) is 1. The number of nitriles is 1. The van der Waals surface area contributed by atoms with Gasteiger partial charge in [0.15, 0.2) is 5.78 Å². The minimum Gasteiger partial charge on any atom is -0.496 e. The van der Waals surface area contributed by atoms with Gasteiger partial charge >= 0.3 is 0 Å². The number of hydrogen-bond acceptors (Lipinski definition) is 6. The standard InChI is InChI=1S/C25H22FN5O2/c1-16-13-19-23(33-2)8-7-20(26)25(19)31(16)12-11-28-24-14-21(29-15-30-24)17-3-5-18(6-4-17)22(32)9-10-27/h3-8,13-15H,9,11-12H2,1-2H3,(H,28,29,30). The summed E-state index contributed by atoms with van der Waals surface area (Å²) in [7, 11) is 1.57. The van der Waals surface area contributed by atoms with Crippen LogP contribution in [0, 0.1) is 24.1 Å². The van der Waals surface area contributed by atoms with E-state index in [1.807, 2.05) is 29.7 Å². The highest BCUT2D eigenvalue weighted by atomic mass is 19.1. The summed E-state index contributed by atoms with van der Waals surface area (Å²) in [5, 5.41) is 12.7. The van der Waals surface area contributed by atoms with Crippen LogP contribution in [0.1, 0.15) is 22.5 Å². The fourth-order valence-corrected chi connectivity index (χ4v) is 3.81. The van der Waals surface area contributed by atoms with E-state index in [9.17, 15) is 9.18 Å². The molecule has 0 radical (unpaired) electrons. The van der Waals surface area contributed by atoms with Gasteiger partial charge in [0.2, 0.25) is 0 Å². The largest absolute Gasteiger partial charge is 0.496 e. The number of aryl methyl sites for hydroxylation is 1. The zero-order valence-corrected chi connectivity index (χ0v) is 18.3. The molecule has 2 aromatic carbocycles. The number of methoxy groups -OCH3 is 1. The van der Waals surface area contributed by atoms with Gasteiger partial charge < -0.3 is 14.6 Å². The molecule has 0 spiro atoms. The van der Waals surface area contributed by atoms with E-state index in [1.54, 1.807) is 37.4 Å². The average molecular weight is 443 g/mol. The molecule has 1 N–H and O–H groups in total. The predicted octanol–water partition coefficient (Wildman–Crippen LogP) is 4.76. The van der Waals surface area contributed by atoms with Crippen molar-refractivity contribution in [2.45, 2.75) is 19.9 Å². The highest BCUT2D eigenvalue weighted by Crippen LogP contribution is 2.30. The summed E-state index contributed by atoms with van der Waals surface area (Å²) in [5.41, 5.74) is 3.47. The number of halogens is 1. The SMILES string of the molecule is COc1ccc(F)c2c1cc(C)n2CCNc1cc(-c2ccc(C(=O)CC#N)cc2)ncn1. The van der Waals surface area contributed by atoms with Gasteiger partial charge in [-0.25, -0.2) is 14.4 Å². The lowest BCUT2D eigenvalue weighted by Crippen LogP contribution is -2.13. The molecule has 0 fully saturated rings. The molecule has 0 aliphatic carbocycles. The molecule has 0 bridgehead atoms. The number of carbonyl (C=O) groups is 1. The summed E-state index contributed by atoms with van der Waals surface area (Å²) in [4.78, 5) is 20.4. The number of carbonyl (C=O) groups excluding carboxylic acids is 1. The Morgan fingerprint density at radius 1 is 1.18 bits per heavy atom. The molecule has 0 saturated heterocycles. The second-order valence-electron chi connectivity index (χ2n) is 7.50. The van der Waals surface area contributed by atoms with E-state index < -0.39 is 0 Å². The highest BCUT2D eigenvalue weighted by molar-refractivity contribution is 5.97. The Morgan fingerprint density at radius 2 is 1.97 bits per heavy atom. The summed E-state index contributed by atoms with van der Waals surface area (Å²) in [6.45, 7) is 3.00. The number of rotatable bonds is 8. The van der Waals surface area contributed by atoms with Crippen LogP contribution < -0.4 is 10.1 Å². The van der Waals surface area contributed by atoms with E-state index in [-0.39, 0.29) is 18.0 Å². The first-order chi connectivity index (χ1) is 16.0. The number of nitrogens with zero attached hydrogens (tertiary/aromatic N) is 4. The number of anilines is 1. The van der Waals surface area contributed by atoms with Gasteiger partial charge in [-0.3, -0.25) is 4.79 Å². The molecule has 0 aliphatic heterocycles. The van der Waals surface area contributed by atoms with Crippen LogP contribution in [0.25, 0.3) is 22.2 Å². The van der Waals surface area contributed by atoms with Crippen molar-refractivity contribution >= 4 is 22.5 Å². The van der Waals surface area contributed by atoms with Crippen molar-refractivity contribution in [3.8, 4) is 23.1 Å². The van der Waals surface area contributed by atoms with Gasteiger partial charge in [-0.2, -0.15) is 5.26 Å². The fourth-order valence-electron chi connectivity index (χ4n) is 3.81. The van der Waals surface area contributed by atoms with E-state index in [0.29, 0.717) is 41.4 Å². The predicted molar refractivity (Wildman–Crippen MR) is 124 cm³/mol. The Balaban J connectivity index is 1.48. The molecule has 166 valence electrons. The Bertz CT molecular complexity index is 1360. The first-order valence-corrected chi connectivity index (χ1v) is 10.4. The smallest absolute Gasteiger partial charge is 0.176 e. The van der Waals surface area contributed by atoms with Crippen molar-refractivity contribution < 1.29 is 13.9 Å². The molecule has 7 nitrogen and oxygen atoms in total. The molecule has 0 saturated carbocycles. The average Bonchev–Trinajstić information content (AvgIpc) is 3.16. The molecular formula is C25H22FN5O2. The molecule has 0 amide bonds. The Kier molecular flexibility index (Phi) is 6.31. The minimum absolute atomic E-state index is 0.145. The fraction of sp³-hybridized carbons (Fsp3) is 0.200. The third kappa shape index (κ3) is 4.53. The van der Waals surface area contributed by atoms with Crippen LogP contribution in [0.2, 0.25) is 0 Å². The third-order valence-corrected chi connectivity index (χ3v) is 5.45. The number of ketones is 1. The second kappa shape index (κ2) is 9.49. The Labute approximate surface area is 190 Å².